The fourth-order valence-electron chi connectivity index (χ4n) is 5.41. The normalized spacial score (nSPS) is 35.9. The van der Waals surface area contributed by atoms with E-state index in [1.165, 1.54) is 0 Å². The molecule has 0 amide bonds. The standard InChI is InChI=1S/C23H36N2O4/c1-16(2)8-9-19(27)22(3)21-20(29-4)18(26)10-12-23(21,28)15-25(22)14-11-17-7-5-6-13-24-17/h5-8,13,18-21,26-28H,9-12,14-15H2,1-4H3/t18-,19-,20-,21-,22-,23+/m1/s1. The largest absolute Gasteiger partial charge is 0.391 e. The molecule has 3 N–H and O–H groups in total. The summed E-state index contributed by atoms with van der Waals surface area (Å²) in [5.74, 6) is -0.381. The van der Waals surface area contributed by atoms with Gasteiger partial charge in [-0.15, -0.1) is 0 Å². The van der Waals surface area contributed by atoms with Crippen molar-refractivity contribution < 1.29 is 20.1 Å². The molecule has 3 rings (SSSR count). The van der Waals surface area contributed by atoms with Crippen molar-refractivity contribution in [1.82, 2.24) is 9.88 Å². The van der Waals surface area contributed by atoms with Gasteiger partial charge in [0, 0.05) is 44.4 Å². The molecule has 6 atom stereocenters. The topological polar surface area (TPSA) is 86.0 Å². The summed E-state index contributed by atoms with van der Waals surface area (Å²) >= 11 is 0. The van der Waals surface area contributed by atoms with Gasteiger partial charge in [0.25, 0.3) is 0 Å². The van der Waals surface area contributed by atoms with Crippen LogP contribution in [0.3, 0.4) is 0 Å². The maximum absolute atomic E-state index is 11.6. The predicted molar refractivity (Wildman–Crippen MR) is 112 cm³/mol. The summed E-state index contributed by atoms with van der Waals surface area (Å²) in [5.41, 5.74) is 0.411. The molecule has 0 bridgehead atoms. The molecular weight excluding hydrogens is 368 g/mol. The number of allylic oxidation sites excluding steroid dienone is 1. The SMILES string of the molecule is CO[C@@H]1[C@H](O)CC[C@]2(O)CN(CCc3ccccn3)[C@](C)([C@H](O)CC=C(C)C)[C@@H]12. The highest BCUT2D eigenvalue weighted by Crippen LogP contribution is 2.52. The summed E-state index contributed by atoms with van der Waals surface area (Å²) in [6.07, 6.45) is 4.20. The molecule has 6 nitrogen and oxygen atoms in total. The molecule has 1 aliphatic carbocycles. The number of aromatic nitrogens is 1. The number of likely N-dealkylation sites (tertiary alicyclic amines) is 1. The fraction of sp³-hybridized carbons (Fsp3) is 0.696. The van der Waals surface area contributed by atoms with Crippen LogP contribution in [0.5, 0.6) is 0 Å². The van der Waals surface area contributed by atoms with E-state index in [1.807, 2.05) is 45.0 Å². The Morgan fingerprint density at radius 1 is 1.41 bits per heavy atom. The smallest absolute Gasteiger partial charge is 0.0904 e. The van der Waals surface area contributed by atoms with Crippen LogP contribution in [0.15, 0.2) is 36.0 Å². The van der Waals surface area contributed by atoms with E-state index in [9.17, 15) is 15.3 Å². The number of β-amino-alcohol motifs (C(OH)–C–C–N with tert-alkyl or cyclic N) is 1. The number of methoxy groups -OCH3 is 1. The van der Waals surface area contributed by atoms with E-state index in [2.05, 4.69) is 9.88 Å². The Hall–Kier alpha value is -1.31. The van der Waals surface area contributed by atoms with Crippen LogP contribution in [-0.2, 0) is 11.2 Å². The van der Waals surface area contributed by atoms with Gasteiger partial charge in [-0.1, -0.05) is 17.7 Å². The lowest BCUT2D eigenvalue weighted by molar-refractivity contribution is -0.169. The highest BCUT2D eigenvalue weighted by atomic mass is 16.5. The van der Waals surface area contributed by atoms with E-state index in [-0.39, 0.29) is 5.92 Å². The van der Waals surface area contributed by atoms with Crippen LogP contribution >= 0.6 is 0 Å². The number of rotatable bonds is 7. The van der Waals surface area contributed by atoms with Gasteiger partial charge in [0.2, 0.25) is 0 Å². The first-order valence-corrected chi connectivity index (χ1v) is 10.6. The third kappa shape index (κ3) is 4.28. The van der Waals surface area contributed by atoms with Gasteiger partial charge < -0.3 is 20.1 Å². The van der Waals surface area contributed by atoms with Gasteiger partial charge in [-0.05, 0) is 52.2 Å². The van der Waals surface area contributed by atoms with Crippen LogP contribution in [0.4, 0.5) is 0 Å². The van der Waals surface area contributed by atoms with Crippen LogP contribution in [0.1, 0.15) is 45.7 Å². The maximum atomic E-state index is 11.6. The van der Waals surface area contributed by atoms with Crippen molar-refractivity contribution in [3.8, 4) is 0 Å². The molecular formula is C23H36N2O4. The molecule has 0 radical (unpaired) electrons. The third-order valence-corrected chi connectivity index (χ3v) is 7.00. The number of aliphatic hydroxyl groups excluding tert-OH is 2. The molecule has 1 saturated heterocycles. The zero-order valence-corrected chi connectivity index (χ0v) is 18.1. The van der Waals surface area contributed by atoms with E-state index in [1.54, 1.807) is 13.3 Å². The monoisotopic (exact) mass is 404 g/mol. The van der Waals surface area contributed by atoms with E-state index >= 15 is 0 Å². The van der Waals surface area contributed by atoms with Crippen molar-refractivity contribution in [3.63, 3.8) is 0 Å². The first-order valence-electron chi connectivity index (χ1n) is 10.6. The summed E-state index contributed by atoms with van der Waals surface area (Å²) in [4.78, 5) is 6.61. The van der Waals surface area contributed by atoms with Gasteiger partial charge in [0.05, 0.1) is 29.5 Å². The van der Waals surface area contributed by atoms with Crippen molar-refractivity contribution in [2.24, 2.45) is 5.92 Å². The molecule has 0 spiro atoms. The fourth-order valence-corrected chi connectivity index (χ4v) is 5.41. The molecule has 1 saturated carbocycles. The molecule has 2 heterocycles. The third-order valence-electron chi connectivity index (χ3n) is 7.00. The van der Waals surface area contributed by atoms with E-state index in [0.717, 1.165) is 17.7 Å². The summed E-state index contributed by atoms with van der Waals surface area (Å²) in [6.45, 7) is 7.17. The van der Waals surface area contributed by atoms with Crippen LogP contribution < -0.4 is 0 Å². The quantitative estimate of drug-likeness (QED) is 0.602. The Morgan fingerprint density at radius 3 is 2.79 bits per heavy atom. The van der Waals surface area contributed by atoms with E-state index in [4.69, 9.17) is 4.74 Å². The Morgan fingerprint density at radius 2 is 2.17 bits per heavy atom. The Balaban J connectivity index is 1.93. The number of nitrogens with zero attached hydrogens (tertiary/aromatic N) is 2. The van der Waals surface area contributed by atoms with Gasteiger partial charge >= 0.3 is 0 Å². The van der Waals surface area contributed by atoms with Crippen molar-refractivity contribution in [3.05, 3.63) is 41.7 Å². The number of fused-ring (bicyclic) bond motifs is 1. The number of aliphatic hydroxyl groups is 3. The molecule has 162 valence electrons. The lowest BCUT2D eigenvalue weighted by atomic mass is 9.65. The number of hydrogen-bond acceptors (Lipinski definition) is 6. The second kappa shape index (κ2) is 8.82. The molecule has 2 fully saturated rings. The van der Waals surface area contributed by atoms with Gasteiger partial charge in [-0.25, -0.2) is 0 Å². The molecule has 0 aromatic carbocycles. The average molecular weight is 405 g/mol. The molecule has 1 aliphatic heterocycles. The summed E-state index contributed by atoms with van der Waals surface area (Å²) in [5, 5.41) is 33.5. The Bertz CT molecular complexity index is 708. The minimum Gasteiger partial charge on any atom is -0.391 e. The summed E-state index contributed by atoms with van der Waals surface area (Å²) in [6, 6.07) is 5.87. The lowest BCUT2D eigenvalue weighted by Gasteiger charge is -2.50. The second-order valence-corrected chi connectivity index (χ2v) is 9.14. The highest BCUT2D eigenvalue weighted by molar-refractivity contribution is 5.20. The van der Waals surface area contributed by atoms with Gasteiger partial charge in [0.1, 0.15) is 0 Å². The summed E-state index contributed by atoms with van der Waals surface area (Å²) in [7, 11) is 1.58. The minimum atomic E-state index is -0.995. The van der Waals surface area contributed by atoms with Crippen LogP contribution in [0, 0.1) is 5.92 Å². The van der Waals surface area contributed by atoms with Crippen LogP contribution in [0.2, 0.25) is 0 Å². The van der Waals surface area contributed by atoms with E-state index < -0.39 is 29.5 Å². The molecule has 1 aromatic heterocycles. The van der Waals surface area contributed by atoms with Crippen molar-refractivity contribution >= 4 is 0 Å². The van der Waals surface area contributed by atoms with Gasteiger partial charge in [0.15, 0.2) is 0 Å². The predicted octanol–water partition coefficient (Wildman–Crippen LogP) is 1.93. The van der Waals surface area contributed by atoms with Crippen molar-refractivity contribution in [2.45, 2.75) is 75.9 Å². The first-order chi connectivity index (χ1) is 13.7. The summed E-state index contributed by atoms with van der Waals surface area (Å²) < 4.78 is 5.69. The van der Waals surface area contributed by atoms with Crippen molar-refractivity contribution in [2.75, 3.05) is 20.2 Å². The van der Waals surface area contributed by atoms with E-state index in [0.29, 0.717) is 32.4 Å². The molecule has 29 heavy (non-hydrogen) atoms. The van der Waals surface area contributed by atoms with Crippen LogP contribution in [0.25, 0.3) is 0 Å². The highest BCUT2D eigenvalue weighted by Gasteiger charge is 2.65. The van der Waals surface area contributed by atoms with Gasteiger partial charge in [-0.3, -0.25) is 9.88 Å². The minimum absolute atomic E-state index is 0.381. The van der Waals surface area contributed by atoms with Crippen molar-refractivity contribution in [1.29, 1.82) is 0 Å². The van der Waals surface area contributed by atoms with Crippen LogP contribution in [-0.4, -0.2) is 74.9 Å². The number of pyridine rings is 1. The maximum Gasteiger partial charge on any atom is 0.0904 e. The number of ether oxygens (including phenoxy) is 1. The zero-order valence-electron chi connectivity index (χ0n) is 18.1. The second-order valence-electron chi connectivity index (χ2n) is 9.14. The Labute approximate surface area is 174 Å². The lowest BCUT2D eigenvalue weighted by Crippen LogP contribution is -2.63. The molecule has 6 heteroatoms. The first kappa shape index (κ1) is 22.4. The average Bonchev–Trinajstić information content (AvgIpc) is 2.94. The Kier molecular flexibility index (Phi) is 6.81. The number of hydrogen-bond donors (Lipinski definition) is 3. The van der Waals surface area contributed by atoms with Gasteiger partial charge in [-0.2, -0.15) is 0 Å². The molecule has 2 aliphatic rings. The molecule has 0 unspecified atom stereocenters. The zero-order chi connectivity index (χ0) is 21.2. The molecule has 1 aromatic rings.